The third kappa shape index (κ3) is 2.72. The summed E-state index contributed by atoms with van der Waals surface area (Å²) in [5.74, 6) is 0.337. The number of nitrogens with one attached hydrogen (secondary N) is 1. The van der Waals surface area contributed by atoms with Gasteiger partial charge in [0.2, 0.25) is 0 Å². The van der Waals surface area contributed by atoms with Crippen LogP contribution in [0.5, 0.6) is 0 Å². The molecule has 0 unspecified atom stereocenters. The van der Waals surface area contributed by atoms with Crippen molar-refractivity contribution < 1.29 is 4.52 Å². The molecule has 1 N–H and O–H groups in total. The molecule has 0 fully saturated rings. The monoisotopic (exact) mass is 234 g/mol. The minimum Gasteiger partial charge on any atom is -0.364 e. The summed E-state index contributed by atoms with van der Waals surface area (Å²) in [4.78, 5) is 15.9. The zero-order valence-corrected chi connectivity index (χ0v) is 9.59. The van der Waals surface area contributed by atoms with Gasteiger partial charge in [0.1, 0.15) is 12.0 Å². The number of anilines is 1. The second-order valence-electron chi connectivity index (χ2n) is 3.62. The molecule has 0 bridgehead atoms. The lowest BCUT2D eigenvalue weighted by Gasteiger charge is -2.06. The molecule has 0 aliphatic carbocycles. The summed E-state index contributed by atoms with van der Waals surface area (Å²) in [5, 5.41) is 6.69. The summed E-state index contributed by atoms with van der Waals surface area (Å²) in [6.07, 6.45) is 5.70. The van der Waals surface area contributed by atoms with Crippen molar-refractivity contribution >= 4 is 5.82 Å². The average molecular weight is 234 g/mol. The molecular formula is C11H14N4O2. The topological polar surface area (TPSA) is 73.0 Å². The van der Waals surface area contributed by atoms with Gasteiger partial charge in [-0.3, -0.25) is 4.79 Å². The van der Waals surface area contributed by atoms with Crippen molar-refractivity contribution in [2.24, 2.45) is 0 Å². The van der Waals surface area contributed by atoms with Gasteiger partial charge in [-0.2, -0.15) is 0 Å². The highest BCUT2D eigenvalue weighted by atomic mass is 16.5. The Hall–Kier alpha value is -2.11. The van der Waals surface area contributed by atoms with E-state index in [0.29, 0.717) is 18.9 Å². The Morgan fingerprint density at radius 1 is 1.53 bits per heavy atom. The first kappa shape index (κ1) is 11.4. The maximum Gasteiger partial charge on any atom is 0.293 e. The van der Waals surface area contributed by atoms with Crippen molar-refractivity contribution in [1.29, 1.82) is 0 Å². The molecule has 2 aromatic heterocycles. The fourth-order valence-electron chi connectivity index (χ4n) is 1.49. The van der Waals surface area contributed by atoms with Crippen molar-refractivity contribution in [3.8, 4) is 0 Å². The number of rotatable bonds is 5. The molecule has 90 valence electrons. The van der Waals surface area contributed by atoms with Gasteiger partial charge < -0.3 is 14.4 Å². The summed E-state index contributed by atoms with van der Waals surface area (Å²) < 4.78 is 6.34. The van der Waals surface area contributed by atoms with E-state index in [2.05, 4.69) is 15.5 Å². The lowest BCUT2D eigenvalue weighted by molar-refractivity contribution is 0.412. The van der Waals surface area contributed by atoms with Gasteiger partial charge in [-0.05, 0) is 6.42 Å². The van der Waals surface area contributed by atoms with Crippen molar-refractivity contribution in [1.82, 2.24) is 14.7 Å². The maximum absolute atomic E-state index is 11.9. The number of aromatic nitrogens is 3. The molecule has 0 aliphatic rings. The highest BCUT2D eigenvalue weighted by Crippen LogP contribution is 1.99. The summed E-state index contributed by atoms with van der Waals surface area (Å²) in [5.41, 5.74) is 0.620. The highest BCUT2D eigenvalue weighted by Gasteiger charge is 2.04. The van der Waals surface area contributed by atoms with Gasteiger partial charge in [0.15, 0.2) is 5.82 Å². The van der Waals surface area contributed by atoms with Crippen molar-refractivity contribution in [2.75, 3.05) is 5.32 Å². The van der Waals surface area contributed by atoms with Crippen LogP contribution in [0.25, 0.3) is 0 Å². The quantitative estimate of drug-likeness (QED) is 0.843. The van der Waals surface area contributed by atoms with E-state index in [0.717, 1.165) is 12.1 Å². The molecule has 2 rings (SSSR count). The van der Waals surface area contributed by atoms with Crippen LogP contribution in [-0.4, -0.2) is 14.7 Å². The van der Waals surface area contributed by atoms with E-state index in [1.54, 1.807) is 23.0 Å². The number of hydrogen-bond donors (Lipinski definition) is 1. The lowest BCUT2D eigenvalue weighted by atomic mass is 10.4. The van der Waals surface area contributed by atoms with E-state index in [4.69, 9.17) is 4.52 Å². The molecule has 6 heteroatoms. The zero-order chi connectivity index (χ0) is 12.1. The second kappa shape index (κ2) is 5.29. The van der Waals surface area contributed by atoms with Crippen LogP contribution in [-0.2, 0) is 13.1 Å². The fourth-order valence-corrected chi connectivity index (χ4v) is 1.49. The molecule has 2 aromatic rings. The van der Waals surface area contributed by atoms with Gasteiger partial charge in [0.25, 0.3) is 5.56 Å². The molecule has 0 saturated heterocycles. The van der Waals surface area contributed by atoms with Crippen molar-refractivity contribution in [2.45, 2.75) is 26.4 Å². The van der Waals surface area contributed by atoms with Crippen LogP contribution in [0.1, 0.15) is 19.0 Å². The van der Waals surface area contributed by atoms with Gasteiger partial charge in [-0.15, -0.1) is 0 Å². The molecule has 0 radical (unpaired) electrons. The van der Waals surface area contributed by atoms with Crippen LogP contribution in [0, 0.1) is 0 Å². The zero-order valence-electron chi connectivity index (χ0n) is 9.59. The Morgan fingerprint density at radius 2 is 2.41 bits per heavy atom. The fraction of sp³-hybridized carbons (Fsp3) is 0.364. The number of nitrogens with zero attached hydrogens (tertiary/aromatic N) is 3. The molecule has 2 heterocycles. The Labute approximate surface area is 98.3 Å². The largest absolute Gasteiger partial charge is 0.364 e. The third-order valence-electron chi connectivity index (χ3n) is 2.31. The van der Waals surface area contributed by atoms with Gasteiger partial charge in [0.05, 0.1) is 6.54 Å². The first-order valence-electron chi connectivity index (χ1n) is 5.50. The molecular weight excluding hydrogens is 220 g/mol. The Bertz CT molecular complexity index is 519. The second-order valence-corrected chi connectivity index (χ2v) is 3.62. The summed E-state index contributed by atoms with van der Waals surface area (Å²) in [6, 6.07) is 1.74. The molecule has 0 atom stereocenters. The number of hydrogen-bond acceptors (Lipinski definition) is 5. The summed E-state index contributed by atoms with van der Waals surface area (Å²) in [7, 11) is 0. The van der Waals surface area contributed by atoms with E-state index in [1.807, 2.05) is 6.92 Å². The lowest BCUT2D eigenvalue weighted by Crippen LogP contribution is -2.24. The summed E-state index contributed by atoms with van der Waals surface area (Å²) >= 11 is 0. The molecule has 17 heavy (non-hydrogen) atoms. The molecule has 0 saturated carbocycles. The molecule has 0 aliphatic heterocycles. The number of aryl methyl sites for hydroxylation is 1. The molecule has 0 spiro atoms. The molecule has 0 amide bonds. The van der Waals surface area contributed by atoms with Crippen molar-refractivity contribution in [3.05, 3.63) is 40.8 Å². The van der Waals surface area contributed by atoms with E-state index in [-0.39, 0.29) is 5.56 Å². The van der Waals surface area contributed by atoms with E-state index >= 15 is 0 Å². The molecule has 6 nitrogen and oxygen atoms in total. The minimum absolute atomic E-state index is 0.113. The predicted octanol–water partition coefficient (Wildman–Crippen LogP) is 1.25. The van der Waals surface area contributed by atoms with Crippen LogP contribution in [0.15, 0.2) is 34.0 Å². The minimum atomic E-state index is -0.113. The Balaban J connectivity index is 2.10. The van der Waals surface area contributed by atoms with Crippen LogP contribution in [0.4, 0.5) is 5.82 Å². The van der Waals surface area contributed by atoms with E-state index in [1.165, 1.54) is 6.26 Å². The Morgan fingerprint density at radius 3 is 3.12 bits per heavy atom. The van der Waals surface area contributed by atoms with Gasteiger partial charge in [0, 0.05) is 25.0 Å². The van der Waals surface area contributed by atoms with E-state index in [9.17, 15) is 4.79 Å². The SMILES string of the molecule is CCCn1ccnc(NCc2ccon2)c1=O. The van der Waals surface area contributed by atoms with E-state index < -0.39 is 0 Å². The normalized spacial score (nSPS) is 10.4. The first-order valence-corrected chi connectivity index (χ1v) is 5.50. The first-order chi connectivity index (χ1) is 8.31. The summed E-state index contributed by atoms with van der Waals surface area (Å²) in [6.45, 7) is 3.14. The molecule has 0 aromatic carbocycles. The maximum atomic E-state index is 11.9. The van der Waals surface area contributed by atoms with Crippen LogP contribution in [0.3, 0.4) is 0 Å². The van der Waals surface area contributed by atoms with Crippen LogP contribution >= 0.6 is 0 Å². The van der Waals surface area contributed by atoms with Crippen LogP contribution < -0.4 is 10.9 Å². The standard InChI is InChI=1S/C11H14N4O2/c1-2-5-15-6-4-12-10(11(15)16)13-8-9-3-7-17-14-9/h3-4,6-7H,2,5,8H2,1H3,(H,12,13). The van der Waals surface area contributed by atoms with Gasteiger partial charge >= 0.3 is 0 Å². The van der Waals surface area contributed by atoms with Gasteiger partial charge in [-0.1, -0.05) is 12.1 Å². The van der Waals surface area contributed by atoms with Crippen molar-refractivity contribution in [3.63, 3.8) is 0 Å². The highest BCUT2D eigenvalue weighted by molar-refractivity contribution is 5.31. The van der Waals surface area contributed by atoms with Gasteiger partial charge in [-0.25, -0.2) is 4.98 Å². The smallest absolute Gasteiger partial charge is 0.293 e. The predicted molar refractivity (Wildman–Crippen MR) is 62.6 cm³/mol. The van der Waals surface area contributed by atoms with Crippen LogP contribution in [0.2, 0.25) is 0 Å². The average Bonchev–Trinajstić information content (AvgIpc) is 2.83. The third-order valence-corrected chi connectivity index (χ3v) is 2.31. The Kier molecular flexibility index (Phi) is 3.54.